The molecule has 0 radical (unpaired) electrons. The number of nitriles is 1. The summed E-state index contributed by atoms with van der Waals surface area (Å²) in [6, 6.07) is 19.8. The van der Waals surface area contributed by atoms with Crippen LogP contribution in [0.4, 0.5) is 0 Å². The number of ether oxygens (including phenoxy) is 2. The van der Waals surface area contributed by atoms with Crippen LogP contribution < -0.4 is 4.74 Å². The molecule has 21 heavy (non-hydrogen) atoms. The molecule has 0 heterocycles. The van der Waals surface area contributed by atoms with Crippen molar-refractivity contribution in [3.63, 3.8) is 0 Å². The molecular formula is C18H17NO2. The zero-order valence-corrected chi connectivity index (χ0v) is 12.0. The molecule has 0 bridgehead atoms. The molecule has 2 rings (SSSR count). The summed E-state index contributed by atoms with van der Waals surface area (Å²) in [5, 5.41) is 9.08. The third-order valence-corrected chi connectivity index (χ3v) is 2.93. The first-order valence-corrected chi connectivity index (χ1v) is 6.69. The summed E-state index contributed by atoms with van der Waals surface area (Å²) in [5.41, 5.74) is 2.55. The lowest BCUT2D eigenvalue weighted by Crippen LogP contribution is -1.97. The van der Waals surface area contributed by atoms with Crippen LogP contribution in [0.5, 0.6) is 5.75 Å². The Labute approximate surface area is 125 Å². The molecule has 0 aromatic heterocycles. The summed E-state index contributed by atoms with van der Waals surface area (Å²) in [4.78, 5) is 0. The molecule has 0 fully saturated rings. The second kappa shape index (κ2) is 7.88. The maximum atomic E-state index is 9.08. The highest BCUT2D eigenvalue weighted by molar-refractivity contribution is 5.62. The number of rotatable bonds is 6. The van der Waals surface area contributed by atoms with Crippen LogP contribution in [0, 0.1) is 11.3 Å². The molecule has 0 N–H and O–H groups in total. The van der Waals surface area contributed by atoms with Gasteiger partial charge in [0.1, 0.15) is 12.4 Å². The molecule has 3 heteroatoms. The van der Waals surface area contributed by atoms with Gasteiger partial charge in [-0.15, -0.1) is 0 Å². The number of hydrogen-bond donors (Lipinski definition) is 0. The van der Waals surface area contributed by atoms with Crippen molar-refractivity contribution in [3.05, 3.63) is 71.3 Å². The monoisotopic (exact) mass is 279 g/mol. The van der Waals surface area contributed by atoms with E-state index in [-0.39, 0.29) is 0 Å². The van der Waals surface area contributed by atoms with E-state index in [2.05, 4.69) is 6.07 Å². The van der Waals surface area contributed by atoms with E-state index in [0.29, 0.717) is 18.8 Å². The summed E-state index contributed by atoms with van der Waals surface area (Å²) in [7, 11) is 1.57. The Hall–Kier alpha value is -2.57. The Morgan fingerprint density at radius 1 is 1.10 bits per heavy atom. The summed E-state index contributed by atoms with van der Waals surface area (Å²) in [5.74, 6) is 0.755. The van der Waals surface area contributed by atoms with Crippen LogP contribution in [-0.4, -0.2) is 13.7 Å². The SMILES string of the molecule is COC/C(C#N)=C\c1ccccc1OCc1ccccc1. The standard InChI is InChI=1S/C18H17NO2/c1-20-13-16(12-19)11-17-9-5-6-10-18(17)21-14-15-7-3-2-4-8-15/h2-11H,13-14H2,1H3/b16-11-. The Balaban J connectivity index is 2.15. The summed E-state index contributed by atoms with van der Waals surface area (Å²) in [6.45, 7) is 0.793. The molecule has 0 amide bonds. The van der Waals surface area contributed by atoms with Crippen LogP contribution in [0.2, 0.25) is 0 Å². The number of nitrogens with zero attached hydrogens (tertiary/aromatic N) is 1. The van der Waals surface area contributed by atoms with E-state index in [0.717, 1.165) is 16.9 Å². The maximum Gasteiger partial charge on any atom is 0.127 e. The van der Waals surface area contributed by atoms with Gasteiger partial charge in [0, 0.05) is 12.7 Å². The maximum absolute atomic E-state index is 9.08. The summed E-state index contributed by atoms with van der Waals surface area (Å²) >= 11 is 0. The van der Waals surface area contributed by atoms with E-state index < -0.39 is 0 Å². The van der Waals surface area contributed by atoms with Gasteiger partial charge >= 0.3 is 0 Å². The molecule has 0 saturated carbocycles. The fourth-order valence-electron chi connectivity index (χ4n) is 1.92. The highest BCUT2D eigenvalue weighted by Gasteiger charge is 2.03. The zero-order chi connectivity index (χ0) is 14.9. The van der Waals surface area contributed by atoms with Crippen molar-refractivity contribution in [1.29, 1.82) is 5.26 Å². The van der Waals surface area contributed by atoms with E-state index in [4.69, 9.17) is 14.7 Å². The largest absolute Gasteiger partial charge is 0.488 e. The van der Waals surface area contributed by atoms with E-state index in [1.165, 1.54) is 0 Å². The minimum absolute atomic E-state index is 0.295. The molecule has 3 nitrogen and oxygen atoms in total. The van der Waals surface area contributed by atoms with Crippen LogP contribution in [0.3, 0.4) is 0 Å². The van der Waals surface area contributed by atoms with Crippen molar-refractivity contribution in [1.82, 2.24) is 0 Å². The van der Waals surface area contributed by atoms with Crippen LogP contribution in [-0.2, 0) is 11.3 Å². The Morgan fingerprint density at radius 3 is 2.52 bits per heavy atom. The first kappa shape index (κ1) is 14.8. The highest BCUT2D eigenvalue weighted by Crippen LogP contribution is 2.22. The zero-order valence-electron chi connectivity index (χ0n) is 12.0. The van der Waals surface area contributed by atoms with Gasteiger partial charge in [-0.1, -0.05) is 48.5 Å². The van der Waals surface area contributed by atoms with Crippen LogP contribution >= 0.6 is 0 Å². The molecule has 0 unspecified atom stereocenters. The molecular weight excluding hydrogens is 262 g/mol. The van der Waals surface area contributed by atoms with Crippen molar-refractivity contribution < 1.29 is 9.47 Å². The van der Waals surface area contributed by atoms with Crippen molar-refractivity contribution >= 4 is 6.08 Å². The van der Waals surface area contributed by atoms with E-state index in [1.54, 1.807) is 13.2 Å². The van der Waals surface area contributed by atoms with E-state index in [1.807, 2.05) is 54.6 Å². The minimum atomic E-state index is 0.295. The average Bonchev–Trinajstić information content (AvgIpc) is 2.54. The molecule has 2 aromatic rings. The normalized spacial score (nSPS) is 11.0. The first-order valence-electron chi connectivity index (χ1n) is 6.69. The fraction of sp³-hybridized carbons (Fsp3) is 0.167. The minimum Gasteiger partial charge on any atom is -0.488 e. The van der Waals surface area contributed by atoms with Gasteiger partial charge in [0.05, 0.1) is 18.2 Å². The molecule has 0 spiro atoms. The predicted molar refractivity (Wildman–Crippen MR) is 82.7 cm³/mol. The molecule has 106 valence electrons. The molecule has 0 saturated heterocycles. The average molecular weight is 279 g/mol. The quantitative estimate of drug-likeness (QED) is 0.755. The van der Waals surface area contributed by atoms with Gasteiger partial charge < -0.3 is 9.47 Å². The Bertz CT molecular complexity index is 642. The first-order chi connectivity index (χ1) is 10.3. The van der Waals surface area contributed by atoms with Crippen molar-refractivity contribution in [2.45, 2.75) is 6.61 Å². The van der Waals surface area contributed by atoms with Gasteiger partial charge in [-0.25, -0.2) is 0 Å². The van der Waals surface area contributed by atoms with Crippen LogP contribution in [0.1, 0.15) is 11.1 Å². The molecule has 0 aliphatic heterocycles. The second-order valence-corrected chi connectivity index (χ2v) is 4.53. The van der Waals surface area contributed by atoms with Crippen LogP contribution in [0.15, 0.2) is 60.2 Å². The Morgan fingerprint density at radius 2 is 1.81 bits per heavy atom. The van der Waals surface area contributed by atoms with E-state index >= 15 is 0 Å². The molecule has 0 aliphatic carbocycles. The number of benzene rings is 2. The molecule has 0 atom stereocenters. The van der Waals surface area contributed by atoms with Crippen molar-refractivity contribution in [2.75, 3.05) is 13.7 Å². The third-order valence-electron chi connectivity index (χ3n) is 2.93. The van der Waals surface area contributed by atoms with Gasteiger partial charge in [0.25, 0.3) is 0 Å². The third kappa shape index (κ3) is 4.48. The summed E-state index contributed by atoms with van der Waals surface area (Å²) < 4.78 is 10.9. The van der Waals surface area contributed by atoms with E-state index in [9.17, 15) is 0 Å². The lowest BCUT2D eigenvalue weighted by molar-refractivity contribution is 0.229. The highest BCUT2D eigenvalue weighted by atomic mass is 16.5. The topological polar surface area (TPSA) is 42.2 Å². The second-order valence-electron chi connectivity index (χ2n) is 4.53. The number of hydrogen-bond acceptors (Lipinski definition) is 3. The van der Waals surface area contributed by atoms with Gasteiger partial charge in [-0.05, 0) is 17.7 Å². The van der Waals surface area contributed by atoms with Crippen molar-refractivity contribution in [3.8, 4) is 11.8 Å². The smallest absolute Gasteiger partial charge is 0.127 e. The fourth-order valence-corrected chi connectivity index (χ4v) is 1.92. The molecule has 0 aliphatic rings. The van der Waals surface area contributed by atoms with Crippen molar-refractivity contribution in [2.24, 2.45) is 0 Å². The number of methoxy groups -OCH3 is 1. The van der Waals surface area contributed by atoms with Crippen LogP contribution in [0.25, 0.3) is 6.08 Å². The van der Waals surface area contributed by atoms with Gasteiger partial charge in [-0.2, -0.15) is 5.26 Å². The van der Waals surface area contributed by atoms with Gasteiger partial charge in [0.2, 0.25) is 0 Å². The number of para-hydroxylation sites is 1. The van der Waals surface area contributed by atoms with Gasteiger partial charge in [0.15, 0.2) is 0 Å². The summed E-state index contributed by atoms with van der Waals surface area (Å²) in [6.07, 6.45) is 1.80. The lowest BCUT2D eigenvalue weighted by atomic mass is 10.1. The molecule has 2 aromatic carbocycles. The van der Waals surface area contributed by atoms with Gasteiger partial charge in [-0.3, -0.25) is 0 Å². The Kier molecular flexibility index (Phi) is 5.57. The predicted octanol–water partition coefficient (Wildman–Crippen LogP) is 3.82. The lowest BCUT2D eigenvalue weighted by Gasteiger charge is -2.09.